The van der Waals surface area contributed by atoms with Crippen LogP contribution >= 0.6 is 23.5 Å². The molecule has 0 aliphatic carbocycles. The third kappa shape index (κ3) is 3.64. The Bertz CT molecular complexity index is 880. The number of carboxylic acid groups (broad SMARTS) is 1. The third-order valence-electron chi connectivity index (χ3n) is 5.01. The number of rotatable bonds is 7. The zero-order valence-electron chi connectivity index (χ0n) is 15.0. The van der Waals surface area contributed by atoms with E-state index in [-0.39, 0.29) is 28.4 Å². The topological polar surface area (TPSA) is 81.7 Å². The molecular formula is C20H21N2O4S2+. The number of pyridine rings is 1. The second-order valence-corrected chi connectivity index (χ2v) is 9.63. The number of thioether (sulfide) groups is 2. The summed E-state index contributed by atoms with van der Waals surface area (Å²) in [5.74, 6) is -1.40. The number of benzene rings is 1. The number of aliphatic hydroxyl groups excluding tert-OH is 1. The minimum atomic E-state index is -0.973. The van der Waals surface area contributed by atoms with Gasteiger partial charge in [0.05, 0.1) is 15.9 Å². The highest BCUT2D eigenvalue weighted by Crippen LogP contribution is 2.53. The molecule has 4 atom stereocenters. The number of carbonyl (C=O) groups excluding carboxylic acids is 1. The Kier molecular flexibility index (Phi) is 5.61. The maximum absolute atomic E-state index is 12.3. The van der Waals surface area contributed by atoms with E-state index in [0.717, 1.165) is 17.0 Å². The highest BCUT2D eigenvalue weighted by Gasteiger charge is 2.60. The van der Waals surface area contributed by atoms with E-state index in [1.54, 1.807) is 0 Å². The molecule has 6 nitrogen and oxygen atoms in total. The molecule has 28 heavy (non-hydrogen) atoms. The molecule has 0 saturated carbocycles. The first kappa shape index (κ1) is 19.3. The molecule has 0 bridgehead atoms. The molecule has 4 rings (SSSR count). The quantitative estimate of drug-likeness (QED) is 0.528. The van der Waals surface area contributed by atoms with Gasteiger partial charge in [0, 0.05) is 29.2 Å². The highest BCUT2D eigenvalue weighted by molar-refractivity contribution is 8.17. The number of aliphatic hydroxyl groups is 1. The molecular weight excluding hydrogens is 396 g/mol. The second kappa shape index (κ2) is 8.14. The van der Waals surface area contributed by atoms with Crippen molar-refractivity contribution >= 4 is 35.4 Å². The van der Waals surface area contributed by atoms with Gasteiger partial charge in [-0.1, -0.05) is 18.2 Å². The molecule has 3 unspecified atom stereocenters. The van der Waals surface area contributed by atoms with Crippen molar-refractivity contribution in [2.24, 2.45) is 5.92 Å². The molecule has 2 N–H and O–H groups in total. The maximum atomic E-state index is 12.3. The normalized spacial score (nSPS) is 26.0. The maximum Gasteiger partial charge on any atom is 0.328 e. The zero-order chi connectivity index (χ0) is 19.7. The fourth-order valence-corrected chi connectivity index (χ4v) is 7.08. The van der Waals surface area contributed by atoms with Crippen molar-refractivity contribution in [3.63, 3.8) is 0 Å². The Labute approximate surface area is 171 Å². The van der Waals surface area contributed by atoms with E-state index in [1.165, 1.54) is 28.4 Å². The minimum Gasteiger partial charge on any atom is -0.480 e. The van der Waals surface area contributed by atoms with Gasteiger partial charge in [0.1, 0.15) is 0 Å². The van der Waals surface area contributed by atoms with Crippen LogP contribution in [0.4, 0.5) is 0 Å². The standard InChI is InChI=1S/C20H20N2O4S2/c23-10-7-15-17(24)22-16(19(25)26)20(28-18(15)22)27-14-6-4-5-13(11-14)12-21-8-2-1-3-9-21/h1-6,8-9,11,15-16,18,20,23H,7,10,12H2/p+1/t15-,16?,18?,20?/m0/s1. The summed E-state index contributed by atoms with van der Waals surface area (Å²) in [6.45, 7) is 0.678. The van der Waals surface area contributed by atoms with Gasteiger partial charge in [0.15, 0.2) is 25.0 Å². The molecule has 3 heterocycles. The molecule has 2 aliphatic rings. The largest absolute Gasteiger partial charge is 0.480 e. The van der Waals surface area contributed by atoms with Gasteiger partial charge in [-0.25, -0.2) is 9.36 Å². The van der Waals surface area contributed by atoms with Gasteiger partial charge in [-0.3, -0.25) is 4.79 Å². The average Bonchev–Trinajstić information content (AvgIpc) is 3.02. The van der Waals surface area contributed by atoms with Gasteiger partial charge in [0.25, 0.3) is 0 Å². The van der Waals surface area contributed by atoms with Crippen LogP contribution in [0.25, 0.3) is 0 Å². The number of nitrogens with zero attached hydrogens (tertiary/aromatic N) is 2. The summed E-state index contributed by atoms with van der Waals surface area (Å²) in [6, 6.07) is 13.2. The first-order valence-corrected chi connectivity index (χ1v) is 10.9. The summed E-state index contributed by atoms with van der Waals surface area (Å²) < 4.78 is 1.81. The number of hydrogen-bond acceptors (Lipinski definition) is 5. The van der Waals surface area contributed by atoms with Crippen LogP contribution in [0.1, 0.15) is 12.0 Å². The van der Waals surface area contributed by atoms with Crippen molar-refractivity contribution in [3.8, 4) is 0 Å². The van der Waals surface area contributed by atoms with Crippen molar-refractivity contribution in [3.05, 3.63) is 60.4 Å². The highest BCUT2D eigenvalue weighted by atomic mass is 32.2. The van der Waals surface area contributed by atoms with E-state index >= 15 is 0 Å². The number of amides is 1. The van der Waals surface area contributed by atoms with Gasteiger partial charge >= 0.3 is 5.97 Å². The van der Waals surface area contributed by atoms with Crippen LogP contribution in [0.2, 0.25) is 0 Å². The van der Waals surface area contributed by atoms with Crippen LogP contribution in [0.3, 0.4) is 0 Å². The summed E-state index contributed by atoms with van der Waals surface area (Å²) in [5.41, 5.74) is 1.13. The lowest BCUT2D eigenvalue weighted by Crippen LogP contribution is -2.61. The summed E-state index contributed by atoms with van der Waals surface area (Å²) >= 11 is 3.02. The molecule has 2 fully saturated rings. The van der Waals surface area contributed by atoms with E-state index in [2.05, 4.69) is 16.7 Å². The minimum absolute atomic E-state index is 0.0595. The summed E-state index contributed by atoms with van der Waals surface area (Å²) in [6.07, 6.45) is 4.40. The predicted molar refractivity (Wildman–Crippen MR) is 107 cm³/mol. The van der Waals surface area contributed by atoms with Crippen LogP contribution in [0.15, 0.2) is 59.8 Å². The molecule has 2 aromatic rings. The lowest BCUT2D eigenvalue weighted by molar-refractivity contribution is -0.688. The van der Waals surface area contributed by atoms with Gasteiger partial charge < -0.3 is 15.1 Å². The van der Waals surface area contributed by atoms with Crippen LogP contribution in [-0.2, 0) is 16.1 Å². The molecule has 2 saturated heterocycles. The van der Waals surface area contributed by atoms with Crippen molar-refractivity contribution < 1.29 is 24.4 Å². The van der Waals surface area contributed by atoms with Crippen LogP contribution < -0.4 is 4.57 Å². The lowest BCUT2D eigenvalue weighted by Gasteiger charge is -2.43. The van der Waals surface area contributed by atoms with Crippen molar-refractivity contribution in [2.75, 3.05) is 6.61 Å². The molecule has 1 aromatic carbocycles. The van der Waals surface area contributed by atoms with Gasteiger partial charge in [-0.15, -0.1) is 23.5 Å². The lowest BCUT2D eigenvalue weighted by atomic mass is 9.93. The molecule has 8 heteroatoms. The fourth-order valence-electron chi connectivity index (χ4n) is 3.68. The molecule has 146 valence electrons. The Morgan fingerprint density at radius 1 is 1.21 bits per heavy atom. The molecule has 2 aliphatic heterocycles. The molecule has 1 amide bonds. The Morgan fingerprint density at radius 3 is 2.71 bits per heavy atom. The Hall–Kier alpha value is -2.03. The Balaban J connectivity index is 1.50. The fraction of sp³-hybridized carbons (Fsp3) is 0.350. The number of fused-ring (bicyclic) bond motifs is 1. The zero-order valence-corrected chi connectivity index (χ0v) is 16.7. The van der Waals surface area contributed by atoms with Crippen molar-refractivity contribution in [2.45, 2.75) is 33.9 Å². The number of carbonyl (C=O) groups is 2. The first-order valence-electron chi connectivity index (χ1n) is 9.09. The van der Waals surface area contributed by atoms with Crippen molar-refractivity contribution in [1.29, 1.82) is 0 Å². The molecule has 0 spiro atoms. The number of β-lactam (4-membered cyclic amide) rings is 1. The Morgan fingerprint density at radius 2 is 2.00 bits per heavy atom. The van der Waals surface area contributed by atoms with Crippen LogP contribution in [0.5, 0.6) is 0 Å². The number of carboxylic acids is 1. The van der Waals surface area contributed by atoms with Crippen molar-refractivity contribution in [1.82, 2.24) is 4.90 Å². The SMILES string of the molecule is O=C(O)C1C(Sc2cccc(C[n+]3ccccc3)c2)SC2[C@@H](CCO)C(=O)N12. The summed E-state index contributed by atoms with van der Waals surface area (Å²) in [4.78, 5) is 26.6. The molecule has 1 aromatic heterocycles. The number of aliphatic carboxylic acids is 1. The third-order valence-corrected chi connectivity index (χ3v) is 8.01. The number of hydrogen-bond donors (Lipinski definition) is 2. The van der Waals surface area contributed by atoms with E-state index in [4.69, 9.17) is 5.11 Å². The average molecular weight is 418 g/mol. The first-order chi connectivity index (χ1) is 13.6. The summed E-state index contributed by atoms with van der Waals surface area (Å²) in [7, 11) is 0. The van der Waals surface area contributed by atoms with Crippen LogP contribution in [0, 0.1) is 5.92 Å². The van der Waals surface area contributed by atoms with Gasteiger partial charge in [-0.05, 0) is 18.6 Å². The second-order valence-electron chi connectivity index (χ2n) is 6.86. The smallest absolute Gasteiger partial charge is 0.328 e. The predicted octanol–water partition coefficient (Wildman–Crippen LogP) is 1.81. The monoisotopic (exact) mass is 417 g/mol. The van der Waals surface area contributed by atoms with Gasteiger partial charge in [-0.2, -0.15) is 0 Å². The van der Waals surface area contributed by atoms with E-state index in [9.17, 15) is 14.7 Å². The van der Waals surface area contributed by atoms with E-state index in [0.29, 0.717) is 6.42 Å². The van der Waals surface area contributed by atoms with Gasteiger partial charge in [0.2, 0.25) is 5.91 Å². The molecule has 0 radical (unpaired) electrons. The number of aromatic nitrogens is 1. The van der Waals surface area contributed by atoms with E-state index in [1.807, 2.05) is 42.7 Å². The van der Waals surface area contributed by atoms with Crippen LogP contribution in [-0.4, -0.2) is 49.6 Å². The summed E-state index contributed by atoms with van der Waals surface area (Å²) in [5, 5.41) is 18.7. The van der Waals surface area contributed by atoms with E-state index < -0.39 is 12.0 Å².